The predicted octanol–water partition coefficient (Wildman–Crippen LogP) is 2.13. The van der Waals surface area contributed by atoms with E-state index in [-0.39, 0.29) is 23.4 Å². The Kier molecular flexibility index (Phi) is 5.09. The monoisotopic (exact) mass is 288 g/mol. The van der Waals surface area contributed by atoms with Gasteiger partial charge in [-0.25, -0.2) is 13.6 Å². The molecular weight excluding hydrogens is 274 g/mol. The molecule has 0 aliphatic carbocycles. The number of nitrogens with zero attached hydrogens (tertiary/aromatic N) is 1. The van der Waals surface area contributed by atoms with E-state index in [1.54, 1.807) is 0 Å². The first-order valence-electron chi connectivity index (χ1n) is 5.69. The van der Waals surface area contributed by atoms with Gasteiger partial charge in [-0.15, -0.1) is 0 Å². The van der Waals surface area contributed by atoms with Crippen LogP contribution in [0.3, 0.4) is 0 Å². The van der Waals surface area contributed by atoms with Gasteiger partial charge in [0.25, 0.3) is 11.6 Å². The smallest absolute Gasteiger partial charge is 0.337 e. The molecule has 0 saturated carbocycles. The fourth-order valence-electron chi connectivity index (χ4n) is 1.57. The van der Waals surface area contributed by atoms with E-state index in [1.807, 2.05) is 0 Å². The number of hydrogen-bond donors (Lipinski definition) is 1. The molecule has 0 unspecified atom stereocenters. The molecule has 0 aliphatic rings. The van der Waals surface area contributed by atoms with Crippen LogP contribution >= 0.6 is 0 Å². The Morgan fingerprint density at radius 2 is 2.15 bits per heavy atom. The summed E-state index contributed by atoms with van der Waals surface area (Å²) in [7, 11) is 1.18. The van der Waals surface area contributed by atoms with E-state index in [2.05, 4.69) is 10.1 Å². The normalized spacial score (nSPS) is 11.2. The Balaban J connectivity index is 2.94. The minimum absolute atomic E-state index is 0.123. The van der Waals surface area contributed by atoms with Gasteiger partial charge in [-0.05, 0) is 12.1 Å². The summed E-state index contributed by atoms with van der Waals surface area (Å²) in [6.07, 6.45) is 0. The van der Waals surface area contributed by atoms with Gasteiger partial charge in [0.05, 0.1) is 24.1 Å². The molecule has 1 N–H and O–H groups in total. The Hall–Kier alpha value is -2.09. The molecule has 0 radical (unpaired) electrons. The summed E-state index contributed by atoms with van der Waals surface area (Å²) < 4.78 is 29.9. The second kappa shape index (κ2) is 6.38. The zero-order chi connectivity index (χ0) is 15.3. The largest absolute Gasteiger partial charge is 0.465 e. The lowest BCUT2D eigenvalue weighted by atomic mass is 10.1. The molecule has 0 aliphatic heterocycles. The summed E-state index contributed by atoms with van der Waals surface area (Å²) in [6.45, 7) is -0.0313. The van der Waals surface area contributed by atoms with Crippen molar-refractivity contribution in [2.75, 3.05) is 13.7 Å². The highest BCUT2D eigenvalue weighted by molar-refractivity contribution is 5.89. The minimum atomic E-state index is -2.92. The molecule has 8 heteroatoms. The molecule has 1 rings (SSSR count). The van der Waals surface area contributed by atoms with E-state index in [9.17, 15) is 23.7 Å². The van der Waals surface area contributed by atoms with Gasteiger partial charge in [-0.3, -0.25) is 10.1 Å². The number of nitrogens with one attached hydrogen (secondary N) is 1. The molecular formula is C12H14F2N2O4. The zero-order valence-corrected chi connectivity index (χ0v) is 11.0. The van der Waals surface area contributed by atoms with Gasteiger partial charge in [0.1, 0.15) is 0 Å². The van der Waals surface area contributed by atoms with Crippen molar-refractivity contribution in [3.8, 4) is 0 Å². The molecule has 6 nitrogen and oxygen atoms in total. The number of nitro groups is 1. The summed E-state index contributed by atoms with van der Waals surface area (Å²) in [6, 6.07) is 3.65. The van der Waals surface area contributed by atoms with Gasteiger partial charge >= 0.3 is 5.97 Å². The standard InChI is InChI=1S/C12H14F2N2O4/c1-12(13,14)7-15-6-9-5-8(11(17)20-2)3-4-10(9)16(18)19/h3-5,15H,6-7H2,1-2H3. The second-order valence-corrected chi connectivity index (χ2v) is 4.27. The quantitative estimate of drug-likeness (QED) is 0.492. The number of nitro benzene ring substituents is 1. The summed E-state index contributed by atoms with van der Waals surface area (Å²) in [5.41, 5.74) is 0.0184. The van der Waals surface area contributed by atoms with E-state index in [4.69, 9.17) is 0 Å². The fourth-order valence-corrected chi connectivity index (χ4v) is 1.57. The number of carbonyl (C=O) groups excluding carboxylic acids is 1. The van der Waals surface area contributed by atoms with Crippen LogP contribution in [0.2, 0.25) is 0 Å². The molecule has 20 heavy (non-hydrogen) atoms. The highest BCUT2D eigenvalue weighted by atomic mass is 19.3. The topological polar surface area (TPSA) is 81.5 Å². The molecule has 0 aromatic heterocycles. The first-order valence-corrected chi connectivity index (χ1v) is 5.69. The van der Waals surface area contributed by atoms with Crippen molar-refractivity contribution in [1.82, 2.24) is 5.32 Å². The van der Waals surface area contributed by atoms with E-state index < -0.39 is 23.4 Å². The van der Waals surface area contributed by atoms with Crippen molar-refractivity contribution in [2.24, 2.45) is 0 Å². The van der Waals surface area contributed by atoms with Gasteiger partial charge < -0.3 is 10.1 Å². The molecule has 0 saturated heterocycles. The van der Waals surface area contributed by atoms with Crippen LogP contribution < -0.4 is 5.32 Å². The van der Waals surface area contributed by atoms with Crippen molar-refractivity contribution in [3.63, 3.8) is 0 Å². The average molecular weight is 288 g/mol. The Morgan fingerprint density at radius 3 is 2.65 bits per heavy atom. The molecule has 0 fully saturated rings. The third kappa shape index (κ3) is 4.54. The van der Waals surface area contributed by atoms with E-state index in [0.717, 1.165) is 13.0 Å². The molecule has 0 bridgehead atoms. The summed E-state index contributed by atoms with van der Waals surface area (Å²) >= 11 is 0. The van der Waals surface area contributed by atoms with Gasteiger partial charge in [-0.2, -0.15) is 0 Å². The van der Waals surface area contributed by atoms with Crippen LogP contribution in [0, 0.1) is 10.1 Å². The lowest BCUT2D eigenvalue weighted by Crippen LogP contribution is -2.29. The number of benzene rings is 1. The summed E-state index contributed by atoms with van der Waals surface area (Å²) in [5, 5.41) is 13.3. The van der Waals surface area contributed by atoms with Crippen LogP contribution in [0.5, 0.6) is 0 Å². The highest BCUT2D eigenvalue weighted by Gasteiger charge is 2.22. The second-order valence-electron chi connectivity index (χ2n) is 4.27. The first kappa shape index (κ1) is 16.0. The van der Waals surface area contributed by atoms with Crippen LogP contribution in [-0.4, -0.2) is 30.5 Å². The molecule has 110 valence electrons. The molecule has 0 heterocycles. The van der Waals surface area contributed by atoms with Crippen molar-refractivity contribution in [3.05, 3.63) is 39.4 Å². The molecule has 1 aromatic rings. The number of methoxy groups -OCH3 is 1. The van der Waals surface area contributed by atoms with Gasteiger partial charge in [0.15, 0.2) is 0 Å². The predicted molar refractivity (Wildman–Crippen MR) is 66.8 cm³/mol. The Bertz CT molecular complexity index is 515. The van der Waals surface area contributed by atoms with Crippen LogP contribution in [0.1, 0.15) is 22.8 Å². The number of ether oxygens (including phenoxy) is 1. The van der Waals surface area contributed by atoms with Crippen molar-refractivity contribution in [1.29, 1.82) is 0 Å². The first-order chi connectivity index (χ1) is 9.24. The lowest BCUT2D eigenvalue weighted by Gasteiger charge is -2.12. The summed E-state index contributed by atoms with van der Waals surface area (Å²) in [5.74, 6) is -3.57. The van der Waals surface area contributed by atoms with Crippen molar-refractivity contribution >= 4 is 11.7 Å². The maximum absolute atomic E-state index is 12.7. The molecule has 1 aromatic carbocycles. The molecule has 0 spiro atoms. The Morgan fingerprint density at radius 1 is 1.50 bits per heavy atom. The van der Waals surface area contributed by atoms with Crippen LogP contribution in [-0.2, 0) is 11.3 Å². The van der Waals surface area contributed by atoms with Crippen LogP contribution in [0.25, 0.3) is 0 Å². The number of halogens is 2. The van der Waals surface area contributed by atoms with Crippen LogP contribution in [0.4, 0.5) is 14.5 Å². The third-order valence-corrected chi connectivity index (χ3v) is 2.45. The highest BCUT2D eigenvalue weighted by Crippen LogP contribution is 2.21. The van der Waals surface area contributed by atoms with Crippen molar-refractivity contribution < 1.29 is 23.2 Å². The minimum Gasteiger partial charge on any atom is -0.465 e. The van der Waals surface area contributed by atoms with Crippen LogP contribution in [0.15, 0.2) is 18.2 Å². The number of carbonyl (C=O) groups is 1. The number of rotatable bonds is 6. The van der Waals surface area contributed by atoms with E-state index >= 15 is 0 Å². The van der Waals surface area contributed by atoms with Crippen molar-refractivity contribution in [2.45, 2.75) is 19.4 Å². The number of esters is 1. The molecule has 0 atom stereocenters. The van der Waals surface area contributed by atoms with Gasteiger partial charge in [0.2, 0.25) is 0 Å². The maximum Gasteiger partial charge on any atom is 0.337 e. The number of hydrogen-bond acceptors (Lipinski definition) is 5. The number of alkyl halides is 2. The maximum atomic E-state index is 12.7. The molecule has 0 amide bonds. The zero-order valence-electron chi connectivity index (χ0n) is 11.0. The van der Waals surface area contributed by atoms with E-state index in [1.165, 1.54) is 19.2 Å². The fraction of sp³-hybridized carbons (Fsp3) is 0.417. The summed E-state index contributed by atoms with van der Waals surface area (Å²) in [4.78, 5) is 21.6. The third-order valence-electron chi connectivity index (χ3n) is 2.45. The van der Waals surface area contributed by atoms with Gasteiger partial charge in [0, 0.05) is 25.1 Å². The SMILES string of the molecule is COC(=O)c1ccc([N+](=O)[O-])c(CNCC(C)(F)F)c1. The lowest BCUT2D eigenvalue weighted by molar-refractivity contribution is -0.385. The average Bonchev–Trinajstić information content (AvgIpc) is 2.35. The Labute approximate surface area is 113 Å². The van der Waals surface area contributed by atoms with E-state index in [0.29, 0.717) is 0 Å². The van der Waals surface area contributed by atoms with Gasteiger partial charge in [-0.1, -0.05) is 0 Å².